The van der Waals surface area contributed by atoms with E-state index >= 15 is 0 Å². The van der Waals surface area contributed by atoms with Crippen molar-refractivity contribution >= 4 is 49.4 Å². The summed E-state index contributed by atoms with van der Waals surface area (Å²) in [5, 5.41) is 14.7. The molecule has 0 atom stereocenters. The molecule has 0 aliphatic carbocycles. The second kappa shape index (κ2) is 10.8. The quantitative estimate of drug-likeness (QED) is 0.185. The van der Waals surface area contributed by atoms with E-state index in [9.17, 15) is 5.26 Å². The normalized spacial score (nSPS) is 11.3. The highest BCUT2D eigenvalue weighted by atomic mass is 16.3. The van der Waals surface area contributed by atoms with Crippen molar-refractivity contribution in [3.05, 3.63) is 157 Å². The minimum absolute atomic E-state index is 0.355. The molecule has 0 saturated heterocycles. The van der Waals surface area contributed by atoms with Crippen molar-refractivity contribution in [1.82, 2.24) is 14.5 Å². The Kier molecular flexibility index (Phi) is 6.15. The van der Waals surface area contributed by atoms with E-state index in [2.05, 4.69) is 39.7 Å². The molecule has 0 N–H and O–H groups in total. The number of hydrogen-bond donors (Lipinski definition) is 0. The van der Waals surface area contributed by atoms with Gasteiger partial charge in [0.25, 0.3) is 0 Å². The van der Waals surface area contributed by atoms with Crippen LogP contribution in [-0.2, 0) is 0 Å². The Balaban J connectivity index is 1.33. The Bertz CT molecular complexity index is 2800. The predicted molar refractivity (Wildman–Crippen MR) is 191 cm³/mol. The maximum absolute atomic E-state index is 10.5. The van der Waals surface area contributed by atoms with E-state index in [1.165, 1.54) is 0 Å². The zero-order valence-corrected chi connectivity index (χ0v) is 25.4. The fraction of sp³-hybridized carbons (Fsp3) is 0. The first-order chi connectivity index (χ1) is 23.7. The number of furan rings is 1. The van der Waals surface area contributed by atoms with Crippen LogP contribution in [0.4, 0.5) is 5.69 Å². The summed E-state index contributed by atoms with van der Waals surface area (Å²) < 4.78 is 8.45. The Morgan fingerprint density at radius 2 is 1.29 bits per heavy atom. The van der Waals surface area contributed by atoms with Gasteiger partial charge in [-0.05, 0) is 42.0 Å². The van der Waals surface area contributed by atoms with Gasteiger partial charge in [0.15, 0.2) is 5.82 Å². The molecule has 3 aromatic heterocycles. The number of rotatable bonds is 4. The standard InChI is InChI=1S/C42H23N5O/c1-44-33-24-28(40-32(25-43)39(26-12-4-2-5-13-26)45-42(46-40)27-14-6-3-7-15-27)20-22-35(33)47-34-18-10-8-16-29(34)30-21-23-37-38(41(30)47)31-17-9-11-19-36(31)48-37/h2-24H. The molecular formula is C42H23N5O. The Morgan fingerprint density at radius 3 is 2.04 bits per heavy atom. The van der Waals surface area contributed by atoms with Crippen LogP contribution in [0.2, 0.25) is 0 Å². The van der Waals surface area contributed by atoms with Crippen LogP contribution in [0.1, 0.15) is 5.56 Å². The van der Waals surface area contributed by atoms with Crippen LogP contribution in [0, 0.1) is 17.9 Å². The number of nitriles is 1. The molecule has 6 nitrogen and oxygen atoms in total. The number of aromatic nitrogens is 3. The molecule has 0 aliphatic heterocycles. The molecule has 0 bridgehead atoms. The lowest BCUT2D eigenvalue weighted by Gasteiger charge is -2.15. The average Bonchev–Trinajstić information content (AvgIpc) is 3.70. The molecule has 48 heavy (non-hydrogen) atoms. The molecule has 6 heteroatoms. The van der Waals surface area contributed by atoms with Crippen LogP contribution in [-0.4, -0.2) is 14.5 Å². The van der Waals surface area contributed by atoms with Crippen molar-refractivity contribution in [2.75, 3.05) is 0 Å². The maximum atomic E-state index is 10.5. The van der Waals surface area contributed by atoms with E-state index in [-0.39, 0.29) is 0 Å². The smallest absolute Gasteiger partial charge is 0.211 e. The van der Waals surface area contributed by atoms with Crippen molar-refractivity contribution < 1.29 is 4.42 Å². The summed E-state index contributed by atoms with van der Waals surface area (Å²) in [5.74, 6) is 0.508. The van der Waals surface area contributed by atoms with Gasteiger partial charge in [0.2, 0.25) is 5.69 Å². The third-order valence-corrected chi connectivity index (χ3v) is 8.88. The van der Waals surface area contributed by atoms with Crippen molar-refractivity contribution in [1.29, 1.82) is 5.26 Å². The van der Waals surface area contributed by atoms with Gasteiger partial charge in [0.05, 0.1) is 40.1 Å². The first-order valence-corrected chi connectivity index (χ1v) is 15.5. The Morgan fingerprint density at radius 1 is 0.625 bits per heavy atom. The minimum Gasteiger partial charge on any atom is -0.456 e. The SMILES string of the molecule is [C-]#[N+]c1cc(-c2nc(-c3ccccc3)nc(-c3ccccc3)c2C#N)ccc1-n1c2ccccc2c2ccc3oc4ccccc4c3c21. The van der Waals surface area contributed by atoms with Crippen LogP contribution in [0.3, 0.4) is 0 Å². The molecular weight excluding hydrogens is 590 g/mol. The van der Waals surface area contributed by atoms with Crippen molar-refractivity contribution in [3.8, 4) is 45.7 Å². The summed E-state index contributed by atoms with van der Waals surface area (Å²) in [7, 11) is 0. The van der Waals surface area contributed by atoms with Crippen LogP contribution in [0.15, 0.2) is 144 Å². The van der Waals surface area contributed by atoms with Gasteiger partial charge in [-0.3, -0.25) is 0 Å². The minimum atomic E-state index is 0.355. The molecule has 0 radical (unpaired) electrons. The number of para-hydroxylation sites is 2. The molecule has 222 valence electrons. The fourth-order valence-corrected chi connectivity index (χ4v) is 6.76. The Hall–Kier alpha value is -7.02. The molecule has 0 unspecified atom stereocenters. The van der Waals surface area contributed by atoms with E-state index in [4.69, 9.17) is 21.0 Å². The largest absolute Gasteiger partial charge is 0.456 e. The van der Waals surface area contributed by atoms with Gasteiger partial charge in [-0.1, -0.05) is 103 Å². The Labute approximate surface area is 275 Å². The maximum Gasteiger partial charge on any atom is 0.211 e. The van der Waals surface area contributed by atoms with Crippen LogP contribution in [0.5, 0.6) is 0 Å². The van der Waals surface area contributed by atoms with Gasteiger partial charge in [0.1, 0.15) is 22.8 Å². The summed E-state index contributed by atoms with van der Waals surface area (Å²) >= 11 is 0. The van der Waals surface area contributed by atoms with Crippen molar-refractivity contribution in [2.45, 2.75) is 0 Å². The molecule has 0 saturated carbocycles. The van der Waals surface area contributed by atoms with Crippen molar-refractivity contribution in [3.63, 3.8) is 0 Å². The van der Waals surface area contributed by atoms with E-state index in [1.54, 1.807) is 0 Å². The molecule has 6 aromatic carbocycles. The second-order valence-electron chi connectivity index (χ2n) is 11.6. The topological polar surface area (TPSA) is 72.0 Å². The third-order valence-electron chi connectivity index (χ3n) is 8.88. The number of benzene rings is 6. The monoisotopic (exact) mass is 613 g/mol. The zero-order valence-electron chi connectivity index (χ0n) is 25.4. The summed E-state index contributed by atoms with van der Waals surface area (Å²) in [5.41, 5.74) is 8.44. The highest BCUT2D eigenvalue weighted by Crippen LogP contribution is 2.43. The van der Waals surface area contributed by atoms with Crippen LogP contribution < -0.4 is 0 Å². The number of hydrogen-bond acceptors (Lipinski definition) is 4. The lowest BCUT2D eigenvalue weighted by molar-refractivity contribution is 0.669. The summed E-state index contributed by atoms with van der Waals surface area (Å²) in [6, 6.07) is 48.0. The summed E-state index contributed by atoms with van der Waals surface area (Å²) in [6.07, 6.45) is 0. The predicted octanol–water partition coefficient (Wildman–Crippen LogP) is 10.9. The highest BCUT2D eigenvalue weighted by molar-refractivity contribution is 6.24. The van der Waals surface area contributed by atoms with Gasteiger partial charge in [-0.2, -0.15) is 5.26 Å². The molecule has 0 spiro atoms. The lowest BCUT2D eigenvalue weighted by atomic mass is 9.99. The molecule has 9 rings (SSSR count). The van der Waals surface area contributed by atoms with Gasteiger partial charge >= 0.3 is 0 Å². The van der Waals surface area contributed by atoms with Gasteiger partial charge in [-0.15, -0.1) is 0 Å². The van der Waals surface area contributed by atoms with Crippen LogP contribution in [0.25, 0.3) is 88.2 Å². The van der Waals surface area contributed by atoms with E-state index in [1.807, 2.05) is 115 Å². The van der Waals surface area contributed by atoms with E-state index in [0.29, 0.717) is 34.0 Å². The number of nitrogens with zero attached hydrogens (tertiary/aromatic N) is 5. The molecule has 0 aliphatic rings. The molecule has 0 fully saturated rings. The first-order valence-electron chi connectivity index (χ1n) is 15.5. The zero-order chi connectivity index (χ0) is 32.2. The lowest BCUT2D eigenvalue weighted by Crippen LogP contribution is -2.01. The summed E-state index contributed by atoms with van der Waals surface area (Å²) in [4.78, 5) is 13.9. The first kappa shape index (κ1) is 27.3. The fourth-order valence-electron chi connectivity index (χ4n) is 6.76. The highest BCUT2D eigenvalue weighted by Gasteiger charge is 2.23. The molecule has 9 aromatic rings. The van der Waals surface area contributed by atoms with E-state index < -0.39 is 0 Å². The summed E-state index contributed by atoms with van der Waals surface area (Å²) in [6.45, 7) is 8.37. The van der Waals surface area contributed by atoms with Crippen molar-refractivity contribution in [2.24, 2.45) is 0 Å². The van der Waals surface area contributed by atoms with Gasteiger partial charge in [-0.25, -0.2) is 14.8 Å². The molecule has 3 heterocycles. The second-order valence-corrected chi connectivity index (χ2v) is 11.6. The van der Waals surface area contributed by atoms with Gasteiger partial charge in [0, 0.05) is 27.3 Å². The molecule has 0 amide bonds. The number of fused-ring (bicyclic) bond motifs is 7. The average molecular weight is 614 g/mol. The van der Waals surface area contributed by atoms with Crippen LogP contribution >= 0.6 is 0 Å². The third kappa shape index (κ3) is 4.11. The van der Waals surface area contributed by atoms with Gasteiger partial charge < -0.3 is 8.98 Å². The van der Waals surface area contributed by atoms with E-state index in [0.717, 1.165) is 60.6 Å².